The number of hydrogen-bond acceptors (Lipinski definition) is 5. The van der Waals surface area contributed by atoms with Crippen molar-refractivity contribution in [2.45, 2.75) is 0 Å². The smallest absolute Gasteiger partial charge is 0.182 e. The number of methoxy groups -OCH3 is 1. The normalized spacial score (nSPS) is 13.0. The molecular formula is C25H25BrN2O3. The maximum absolute atomic E-state index is 13.1. The van der Waals surface area contributed by atoms with Crippen molar-refractivity contribution in [3.63, 3.8) is 0 Å². The minimum Gasteiger partial charge on any atom is -0.497 e. The minimum absolute atomic E-state index is 0. The summed E-state index contributed by atoms with van der Waals surface area (Å²) in [4.78, 5) is 19.6. The quantitative estimate of drug-likeness (QED) is 0.462. The molecule has 0 saturated carbocycles. The second-order valence-corrected chi connectivity index (χ2v) is 7.00. The van der Waals surface area contributed by atoms with E-state index in [1.807, 2.05) is 71.6 Å². The fraction of sp³-hybridized carbons (Fsp3) is 0.200. The number of halogens is 1. The number of ketones is 1. The van der Waals surface area contributed by atoms with Crippen molar-refractivity contribution in [1.29, 1.82) is 0 Å². The van der Waals surface area contributed by atoms with Crippen LogP contribution in [0.25, 0.3) is 11.1 Å². The van der Waals surface area contributed by atoms with Crippen LogP contribution in [-0.2, 0) is 4.74 Å². The van der Waals surface area contributed by atoms with Crippen LogP contribution in [0.2, 0.25) is 0 Å². The zero-order chi connectivity index (χ0) is 20.8. The first-order chi connectivity index (χ1) is 14.7. The third kappa shape index (κ3) is 5.60. The van der Waals surface area contributed by atoms with E-state index >= 15 is 0 Å². The molecule has 0 saturated heterocycles. The summed E-state index contributed by atoms with van der Waals surface area (Å²) < 4.78 is 10.8. The molecule has 4 rings (SSSR count). The lowest BCUT2D eigenvalue weighted by atomic mass is 10.0. The van der Waals surface area contributed by atoms with Crippen LogP contribution < -0.4 is 9.64 Å². The van der Waals surface area contributed by atoms with E-state index in [0.717, 1.165) is 28.4 Å². The Morgan fingerprint density at radius 1 is 0.968 bits per heavy atom. The number of anilines is 1. The molecule has 31 heavy (non-hydrogen) atoms. The van der Waals surface area contributed by atoms with Gasteiger partial charge in [-0.3, -0.25) is 9.79 Å². The molecule has 0 N–H and O–H groups in total. The summed E-state index contributed by atoms with van der Waals surface area (Å²) in [5.74, 6) is 1.56. The molecule has 0 spiro atoms. The predicted molar refractivity (Wildman–Crippen MR) is 130 cm³/mol. The Kier molecular flexibility index (Phi) is 7.98. The van der Waals surface area contributed by atoms with E-state index in [9.17, 15) is 4.79 Å². The van der Waals surface area contributed by atoms with E-state index < -0.39 is 0 Å². The molecule has 0 amide bonds. The van der Waals surface area contributed by atoms with Gasteiger partial charge in [0.25, 0.3) is 0 Å². The molecule has 1 heterocycles. The number of carbonyl (C=O) groups is 1. The number of nitrogens with zero attached hydrogens (tertiary/aromatic N) is 2. The molecule has 6 heteroatoms. The van der Waals surface area contributed by atoms with Gasteiger partial charge in [0.1, 0.15) is 18.2 Å². The van der Waals surface area contributed by atoms with Crippen LogP contribution >= 0.6 is 17.0 Å². The minimum atomic E-state index is 0. The summed E-state index contributed by atoms with van der Waals surface area (Å²) in [5, 5.41) is 0. The number of ether oxygens (including phenoxy) is 2. The van der Waals surface area contributed by atoms with Gasteiger partial charge in [0, 0.05) is 11.3 Å². The van der Waals surface area contributed by atoms with Crippen molar-refractivity contribution in [2.24, 2.45) is 4.99 Å². The Labute approximate surface area is 193 Å². The van der Waals surface area contributed by atoms with Gasteiger partial charge in [0.15, 0.2) is 5.78 Å². The molecule has 5 nitrogen and oxygen atoms in total. The molecule has 1 aliphatic heterocycles. The van der Waals surface area contributed by atoms with Gasteiger partial charge in [-0.2, -0.15) is 0 Å². The van der Waals surface area contributed by atoms with Gasteiger partial charge in [-0.25, -0.2) is 0 Å². The SMILES string of the molecule is Br.COc1ccc(N(CC(=O)c2ccc(-c3ccccc3)cc2)C2=NCCOC2)cc1. The second kappa shape index (κ2) is 10.9. The lowest BCUT2D eigenvalue weighted by molar-refractivity contribution is 0.100. The zero-order valence-electron chi connectivity index (χ0n) is 17.4. The molecule has 0 aromatic heterocycles. The number of amidine groups is 1. The summed E-state index contributed by atoms with van der Waals surface area (Å²) in [5.41, 5.74) is 3.77. The highest BCUT2D eigenvalue weighted by Crippen LogP contribution is 2.23. The van der Waals surface area contributed by atoms with Crippen molar-refractivity contribution in [3.05, 3.63) is 84.4 Å². The van der Waals surface area contributed by atoms with Crippen molar-refractivity contribution in [3.8, 4) is 16.9 Å². The highest BCUT2D eigenvalue weighted by molar-refractivity contribution is 8.93. The monoisotopic (exact) mass is 480 g/mol. The molecule has 3 aromatic rings. The van der Waals surface area contributed by atoms with Gasteiger partial charge in [0.05, 0.1) is 26.8 Å². The number of Topliss-reactive ketones (excluding diaryl/α,β-unsaturated/α-hetero) is 1. The molecule has 1 aliphatic rings. The molecular weight excluding hydrogens is 456 g/mol. The maximum Gasteiger partial charge on any atom is 0.182 e. The fourth-order valence-electron chi connectivity index (χ4n) is 3.42. The summed E-state index contributed by atoms with van der Waals surface area (Å²) in [6, 6.07) is 25.5. The molecule has 0 atom stereocenters. The topological polar surface area (TPSA) is 51.1 Å². The number of aliphatic imine (C=N–C) groups is 1. The molecule has 0 bridgehead atoms. The van der Waals surface area contributed by atoms with Gasteiger partial charge in [-0.1, -0.05) is 54.6 Å². The summed E-state index contributed by atoms with van der Waals surface area (Å²) in [6.07, 6.45) is 0. The third-order valence-electron chi connectivity index (χ3n) is 5.07. The molecule has 0 radical (unpaired) electrons. The van der Waals surface area contributed by atoms with Crippen LogP contribution in [0.3, 0.4) is 0 Å². The Morgan fingerprint density at radius 2 is 1.65 bits per heavy atom. The van der Waals surface area contributed by atoms with Crippen LogP contribution in [0.5, 0.6) is 5.75 Å². The Hall–Kier alpha value is -2.96. The average molecular weight is 481 g/mol. The molecule has 0 fully saturated rings. The third-order valence-corrected chi connectivity index (χ3v) is 5.07. The molecule has 0 aliphatic carbocycles. The number of carbonyl (C=O) groups excluding carboxylic acids is 1. The summed E-state index contributed by atoms with van der Waals surface area (Å²) in [7, 11) is 1.63. The van der Waals surface area contributed by atoms with E-state index in [1.165, 1.54) is 0 Å². The van der Waals surface area contributed by atoms with E-state index in [-0.39, 0.29) is 29.3 Å². The first-order valence-corrected chi connectivity index (χ1v) is 9.96. The first-order valence-electron chi connectivity index (χ1n) is 9.96. The molecule has 3 aromatic carbocycles. The van der Waals surface area contributed by atoms with E-state index in [0.29, 0.717) is 25.3 Å². The molecule has 0 unspecified atom stereocenters. The first kappa shape index (κ1) is 22.7. The van der Waals surface area contributed by atoms with Crippen molar-refractivity contribution in [2.75, 3.05) is 38.3 Å². The highest BCUT2D eigenvalue weighted by Gasteiger charge is 2.20. The van der Waals surface area contributed by atoms with Crippen LogP contribution in [0.4, 0.5) is 5.69 Å². The second-order valence-electron chi connectivity index (χ2n) is 7.00. The summed E-state index contributed by atoms with van der Waals surface area (Å²) in [6.45, 7) is 1.79. The lowest BCUT2D eigenvalue weighted by Gasteiger charge is -2.28. The van der Waals surface area contributed by atoms with Gasteiger partial charge < -0.3 is 14.4 Å². The van der Waals surface area contributed by atoms with Gasteiger partial charge in [0.2, 0.25) is 0 Å². The Bertz CT molecular complexity index is 1020. The maximum atomic E-state index is 13.1. The van der Waals surface area contributed by atoms with Crippen LogP contribution in [-0.4, -0.2) is 45.0 Å². The summed E-state index contributed by atoms with van der Waals surface area (Å²) >= 11 is 0. The van der Waals surface area contributed by atoms with E-state index in [1.54, 1.807) is 7.11 Å². The number of rotatable bonds is 6. The van der Waals surface area contributed by atoms with Crippen molar-refractivity contribution >= 4 is 34.3 Å². The predicted octanol–water partition coefficient (Wildman–Crippen LogP) is 5.06. The van der Waals surface area contributed by atoms with Crippen LogP contribution in [0.1, 0.15) is 10.4 Å². The Morgan fingerprint density at radius 3 is 2.26 bits per heavy atom. The largest absolute Gasteiger partial charge is 0.497 e. The van der Waals surface area contributed by atoms with Crippen LogP contribution in [0.15, 0.2) is 83.9 Å². The van der Waals surface area contributed by atoms with Gasteiger partial charge in [-0.05, 0) is 35.4 Å². The lowest BCUT2D eigenvalue weighted by Crippen LogP contribution is -2.40. The van der Waals surface area contributed by atoms with E-state index in [4.69, 9.17) is 9.47 Å². The van der Waals surface area contributed by atoms with Gasteiger partial charge >= 0.3 is 0 Å². The van der Waals surface area contributed by atoms with Crippen molar-refractivity contribution < 1.29 is 14.3 Å². The average Bonchev–Trinajstić information content (AvgIpc) is 2.84. The van der Waals surface area contributed by atoms with E-state index in [2.05, 4.69) is 17.1 Å². The highest BCUT2D eigenvalue weighted by atomic mass is 79.9. The Balaban J connectivity index is 0.00000272. The number of benzene rings is 3. The molecule has 160 valence electrons. The van der Waals surface area contributed by atoms with Crippen LogP contribution in [0, 0.1) is 0 Å². The zero-order valence-corrected chi connectivity index (χ0v) is 19.1. The fourth-order valence-corrected chi connectivity index (χ4v) is 3.42. The van der Waals surface area contributed by atoms with Crippen molar-refractivity contribution in [1.82, 2.24) is 0 Å². The number of hydrogen-bond donors (Lipinski definition) is 0. The van der Waals surface area contributed by atoms with Gasteiger partial charge in [-0.15, -0.1) is 17.0 Å². The standard InChI is InChI=1S/C25H24N2O3.BrH/c1-29-23-13-11-22(12-14-23)27(25-18-30-16-15-26-25)17-24(28)21-9-7-20(8-10-21)19-5-3-2-4-6-19;/h2-14H,15-18H2,1H3;1H.